The van der Waals surface area contributed by atoms with Gasteiger partial charge in [0.05, 0.1) is 0 Å². The predicted octanol–water partition coefficient (Wildman–Crippen LogP) is 3.59. The average Bonchev–Trinajstić information content (AvgIpc) is 3.13. The minimum atomic E-state index is -1.19. The molecule has 1 aliphatic heterocycles. The predicted molar refractivity (Wildman–Crippen MR) is 118 cm³/mol. The molecule has 4 nitrogen and oxygen atoms in total. The maximum absolute atomic E-state index is 12.6. The smallest absolute Gasteiger partial charge is 0.235 e. The summed E-state index contributed by atoms with van der Waals surface area (Å²) in [5.41, 5.74) is 2.15. The van der Waals surface area contributed by atoms with Crippen molar-refractivity contribution in [2.45, 2.75) is 5.75 Å². The number of piperazine rings is 1. The summed E-state index contributed by atoms with van der Waals surface area (Å²) in [6.07, 6.45) is 0. The van der Waals surface area contributed by atoms with Crippen LogP contribution in [0.15, 0.2) is 54.6 Å². The van der Waals surface area contributed by atoms with Crippen molar-refractivity contribution in [3.8, 4) is 10.4 Å². The summed E-state index contributed by atoms with van der Waals surface area (Å²) >= 11 is 1.77. The molecule has 6 heteroatoms. The Morgan fingerprint density at radius 1 is 1.04 bits per heavy atom. The van der Waals surface area contributed by atoms with Crippen molar-refractivity contribution in [3.05, 3.63) is 60.2 Å². The fourth-order valence-corrected chi connectivity index (χ4v) is 5.63. The highest BCUT2D eigenvalue weighted by atomic mass is 32.2. The van der Waals surface area contributed by atoms with Gasteiger partial charge in [0.15, 0.2) is 0 Å². The number of hydrogen-bond acceptors (Lipinski definition) is 4. The summed E-state index contributed by atoms with van der Waals surface area (Å²) in [7, 11) is 0.867. The summed E-state index contributed by atoms with van der Waals surface area (Å²) in [5, 5.41) is 1.24. The second-order valence-electron chi connectivity index (χ2n) is 7.26. The van der Waals surface area contributed by atoms with Gasteiger partial charge in [-0.15, -0.1) is 11.3 Å². The molecule has 2 heterocycles. The molecular formula is C22H24N2O2S2. The molecule has 0 aliphatic carbocycles. The van der Waals surface area contributed by atoms with E-state index < -0.39 is 10.8 Å². The molecule has 1 aliphatic rings. The van der Waals surface area contributed by atoms with E-state index in [0.29, 0.717) is 5.75 Å². The first-order chi connectivity index (χ1) is 13.6. The summed E-state index contributed by atoms with van der Waals surface area (Å²) in [6.45, 7) is 3.23. The van der Waals surface area contributed by atoms with Gasteiger partial charge in [0, 0.05) is 52.3 Å². The van der Waals surface area contributed by atoms with Crippen LogP contribution < -0.4 is 0 Å². The van der Waals surface area contributed by atoms with Crippen molar-refractivity contribution in [3.63, 3.8) is 0 Å². The van der Waals surface area contributed by atoms with Crippen molar-refractivity contribution >= 4 is 38.1 Å². The van der Waals surface area contributed by atoms with Gasteiger partial charge in [-0.25, -0.2) is 0 Å². The number of thiophene rings is 1. The van der Waals surface area contributed by atoms with E-state index in [0.717, 1.165) is 37.3 Å². The monoisotopic (exact) mass is 412 g/mol. The van der Waals surface area contributed by atoms with E-state index in [2.05, 4.69) is 54.4 Å². The molecule has 2 aromatic carbocycles. The molecule has 1 atom stereocenters. The third-order valence-electron chi connectivity index (χ3n) is 5.11. The quantitative estimate of drug-likeness (QED) is 0.643. The maximum Gasteiger partial charge on any atom is 0.235 e. The van der Waals surface area contributed by atoms with Gasteiger partial charge in [0.25, 0.3) is 0 Å². The molecule has 3 aromatic rings. The fourth-order valence-electron chi connectivity index (χ4n) is 3.46. The number of benzene rings is 2. The van der Waals surface area contributed by atoms with Crippen LogP contribution in [-0.2, 0) is 21.3 Å². The molecule has 1 aromatic heterocycles. The largest absolute Gasteiger partial charge is 0.339 e. The van der Waals surface area contributed by atoms with Gasteiger partial charge in [-0.3, -0.25) is 9.00 Å². The van der Waals surface area contributed by atoms with Crippen LogP contribution in [0, 0.1) is 0 Å². The Kier molecular flexibility index (Phi) is 5.90. The van der Waals surface area contributed by atoms with Crippen molar-refractivity contribution in [2.75, 3.05) is 39.0 Å². The molecule has 0 saturated carbocycles. The first-order valence-corrected chi connectivity index (χ1v) is 11.8. The molecule has 0 spiro atoms. The molecule has 1 fully saturated rings. The zero-order chi connectivity index (χ0) is 19.5. The van der Waals surface area contributed by atoms with E-state index in [1.165, 1.54) is 15.0 Å². The Morgan fingerprint density at radius 3 is 2.61 bits per heavy atom. The van der Waals surface area contributed by atoms with Crippen LogP contribution in [0.1, 0.15) is 5.56 Å². The zero-order valence-corrected chi connectivity index (χ0v) is 17.6. The molecule has 0 bridgehead atoms. The Labute approximate surface area is 172 Å². The number of amides is 1. The van der Waals surface area contributed by atoms with Gasteiger partial charge in [-0.1, -0.05) is 36.4 Å². The lowest BCUT2D eigenvalue weighted by Crippen LogP contribution is -2.48. The molecule has 1 saturated heterocycles. The second kappa shape index (κ2) is 8.55. The molecule has 4 rings (SSSR count). The molecule has 0 N–H and O–H groups in total. The van der Waals surface area contributed by atoms with Gasteiger partial charge in [-0.05, 0) is 41.8 Å². The van der Waals surface area contributed by atoms with Crippen LogP contribution >= 0.6 is 11.3 Å². The molecule has 1 unspecified atom stereocenters. The second-order valence-corrected chi connectivity index (χ2v) is 9.80. The summed E-state index contributed by atoms with van der Waals surface area (Å²) < 4.78 is 13.8. The van der Waals surface area contributed by atoms with Crippen molar-refractivity contribution in [1.29, 1.82) is 0 Å². The van der Waals surface area contributed by atoms with Crippen LogP contribution in [0.25, 0.3) is 20.5 Å². The van der Waals surface area contributed by atoms with Crippen LogP contribution in [0.5, 0.6) is 0 Å². The molecule has 146 valence electrons. The zero-order valence-electron chi connectivity index (χ0n) is 16.0. The summed E-state index contributed by atoms with van der Waals surface area (Å²) in [6, 6.07) is 18.8. The standard InChI is InChI=1S/C22H24N2O2S2/c1-23-9-11-24(12-10-23)22(25)16-28(26)15-17-5-4-7-18(13-17)21-14-19-6-2-3-8-20(19)27-21/h2-8,13-14H,9-12,15-16H2,1H3. The van der Waals surface area contributed by atoms with Crippen LogP contribution in [-0.4, -0.2) is 58.9 Å². The van der Waals surface area contributed by atoms with Gasteiger partial charge in [-0.2, -0.15) is 0 Å². The topological polar surface area (TPSA) is 40.6 Å². The number of carbonyl (C=O) groups is 1. The highest BCUT2D eigenvalue weighted by Gasteiger charge is 2.20. The third-order valence-corrected chi connectivity index (χ3v) is 7.49. The minimum absolute atomic E-state index is 0.00657. The van der Waals surface area contributed by atoms with Crippen molar-refractivity contribution in [1.82, 2.24) is 9.80 Å². The Bertz CT molecular complexity index is 973. The maximum atomic E-state index is 12.6. The third kappa shape index (κ3) is 4.51. The van der Waals surface area contributed by atoms with E-state index >= 15 is 0 Å². The lowest BCUT2D eigenvalue weighted by molar-refractivity contribution is -0.129. The Balaban J connectivity index is 1.41. The number of rotatable bonds is 5. The SMILES string of the molecule is CN1CCN(C(=O)CS(=O)Cc2cccc(-c3cc4ccccc4s3)c2)CC1. The lowest BCUT2D eigenvalue weighted by atomic mass is 10.1. The Hall–Kier alpha value is -2.02. The highest BCUT2D eigenvalue weighted by Crippen LogP contribution is 2.33. The molecular weight excluding hydrogens is 388 g/mol. The van der Waals surface area contributed by atoms with Gasteiger partial charge >= 0.3 is 0 Å². The van der Waals surface area contributed by atoms with Gasteiger partial charge in [0.1, 0.15) is 5.75 Å². The fraction of sp³-hybridized carbons (Fsp3) is 0.318. The van der Waals surface area contributed by atoms with Crippen molar-refractivity contribution in [2.24, 2.45) is 0 Å². The van der Waals surface area contributed by atoms with E-state index in [1.54, 1.807) is 11.3 Å². The minimum Gasteiger partial charge on any atom is -0.339 e. The van der Waals surface area contributed by atoms with Crippen LogP contribution in [0.4, 0.5) is 0 Å². The summed E-state index contributed by atoms with van der Waals surface area (Å²) in [4.78, 5) is 17.7. The number of carbonyl (C=O) groups excluding carboxylic acids is 1. The molecule has 28 heavy (non-hydrogen) atoms. The molecule has 0 radical (unpaired) electrons. The summed E-state index contributed by atoms with van der Waals surface area (Å²) in [5.74, 6) is 0.529. The van der Waals surface area contributed by atoms with E-state index in [9.17, 15) is 9.00 Å². The normalized spacial score (nSPS) is 16.4. The number of nitrogens with zero attached hydrogens (tertiary/aromatic N) is 2. The average molecular weight is 413 g/mol. The molecule has 1 amide bonds. The van der Waals surface area contributed by atoms with Crippen LogP contribution in [0.2, 0.25) is 0 Å². The highest BCUT2D eigenvalue weighted by molar-refractivity contribution is 7.84. The first kappa shape index (κ1) is 19.3. The lowest BCUT2D eigenvalue weighted by Gasteiger charge is -2.32. The van der Waals surface area contributed by atoms with E-state index in [-0.39, 0.29) is 11.7 Å². The number of hydrogen-bond donors (Lipinski definition) is 0. The van der Waals surface area contributed by atoms with Gasteiger partial charge < -0.3 is 9.80 Å². The van der Waals surface area contributed by atoms with Crippen molar-refractivity contribution < 1.29 is 9.00 Å². The number of fused-ring (bicyclic) bond motifs is 1. The Morgan fingerprint density at radius 2 is 1.82 bits per heavy atom. The van der Waals surface area contributed by atoms with E-state index in [4.69, 9.17) is 0 Å². The number of likely N-dealkylation sites (N-methyl/N-ethyl adjacent to an activating group) is 1. The van der Waals surface area contributed by atoms with E-state index in [1.807, 2.05) is 17.0 Å². The van der Waals surface area contributed by atoms with Gasteiger partial charge in [0.2, 0.25) is 5.91 Å². The first-order valence-electron chi connectivity index (χ1n) is 9.48. The van der Waals surface area contributed by atoms with Crippen LogP contribution in [0.3, 0.4) is 0 Å².